The molecule has 2 aromatic rings. The number of nitriles is 1. The summed E-state index contributed by atoms with van der Waals surface area (Å²) in [6.45, 7) is 2.83. The predicted molar refractivity (Wildman–Crippen MR) is 103 cm³/mol. The van der Waals surface area contributed by atoms with E-state index >= 15 is 0 Å². The van der Waals surface area contributed by atoms with Gasteiger partial charge in [-0.15, -0.1) is 0 Å². The van der Waals surface area contributed by atoms with Gasteiger partial charge < -0.3 is 14.5 Å². The van der Waals surface area contributed by atoms with E-state index in [4.69, 9.17) is 9.47 Å². The van der Waals surface area contributed by atoms with Crippen molar-refractivity contribution in [3.8, 4) is 6.07 Å². The van der Waals surface area contributed by atoms with Crippen molar-refractivity contribution in [1.29, 1.82) is 5.26 Å². The number of rotatable bonds is 1. The molecular formula is C22H23N3O3. The van der Waals surface area contributed by atoms with Gasteiger partial charge in [0.1, 0.15) is 12.1 Å². The van der Waals surface area contributed by atoms with E-state index in [9.17, 15) is 10.1 Å². The van der Waals surface area contributed by atoms with E-state index in [1.807, 2.05) is 13.0 Å². The Balaban J connectivity index is 1.62. The van der Waals surface area contributed by atoms with Crippen molar-refractivity contribution in [2.45, 2.75) is 38.0 Å². The molecular weight excluding hydrogens is 354 g/mol. The van der Waals surface area contributed by atoms with Crippen LogP contribution >= 0.6 is 0 Å². The zero-order chi connectivity index (χ0) is 19.4. The minimum absolute atomic E-state index is 0.0497. The van der Waals surface area contributed by atoms with Gasteiger partial charge in [-0.2, -0.15) is 5.26 Å². The highest BCUT2D eigenvalue weighted by Gasteiger charge is 2.52. The fraction of sp³-hybridized carbons (Fsp3) is 0.455. The van der Waals surface area contributed by atoms with E-state index in [-0.39, 0.29) is 36.0 Å². The minimum Gasteiger partial charge on any atom is -0.497 e. The van der Waals surface area contributed by atoms with Gasteiger partial charge in [-0.25, -0.2) is 4.79 Å². The molecule has 4 heterocycles. The second kappa shape index (κ2) is 6.39. The molecule has 1 saturated heterocycles. The maximum atomic E-state index is 12.4. The summed E-state index contributed by atoms with van der Waals surface area (Å²) in [7, 11) is 1.39. The lowest BCUT2D eigenvalue weighted by atomic mass is 9.68. The fourth-order valence-corrected chi connectivity index (χ4v) is 5.52. The van der Waals surface area contributed by atoms with Crippen LogP contribution < -0.4 is 0 Å². The smallest absolute Gasteiger partial charge is 0.337 e. The number of hydrogen-bond donors (Lipinski definition) is 1. The third-order valence-electron chi connectivity index (χ3n) is 6.77. The van der Waals surface area contributed by atoms with Crippen LogP contribution in [0.2, 0.25) is 0 Å². The maximum Gasteiger partial charge on any atom is 0.337 e. The number of nitrogens with one attached hydrogen (secondary N) is 1. The maximum absolute atomic E-state index is 12.4. The van der Waals surface area contributed by atoms with Crippen LogP contribution in [0.15, 0.2) is 36.1 Å². The van der Waals surface area contributed by atoms with Gasteiger partial charge in [-0.05, 0) is 31.4 Å². The van der Waals surface area contributed by atoms with Crippen LogP contribution in [0.25, 0.3) is 10.9 Å². The van der Waals surface area contributed by atoms with Gasteiger partial charge in [-0.1, -0.05) is 18.2 Å². The van der Waals surface area contributed by atoms with Crippen LogP contribution in [0.4, 0.5) is 0 Å². The third-order valence-corrected chi connectivity index (χ3v) is 6.77. The number of aromatic nitrogens is 1. The molecule has 1 aromatic carbocycles. The van der Waals surface area contributed by atoms with Gasteiger partial charge in [0, 0.05) is 35.0 Å². The van der Waals surface area contributed by atoms with Crippen molar-refractivity contribution >= 4 is 16.9 Å². The highest BCUT2D eigenvalue weighted by molar-refractivity contribution is 5.89. The number of fused-ring (bicyclic) bond motifs is 6. The van der Waals surface area contributed by atoms with Gasteiger partial charge in [0.2, 0.25) is 0 Å². The van der Waals surface area contributed by atoms with E-state index in [1.165, 1.54) is 23.8 Å². The van der Waals surface area contributed by atoms with Crippen molar-refractivity contribution in [1.82, 2.24) is 9.88 Å². The lowest BCUT2D eigenvalue weighted by molar-refractivity contribution is -0.139. The summed E-state index contributed by atoms with van der Waals surface area (Å²) in [6.07, 6.45) is 3.13. The molecule has 3 aliphatic heterocycles. The number of ether oxygens (including phenoxy) is 2. The number of H-pyrrole nitrogens is 1. The van der Waals surface area contributed by atoms with Gasteiger partial charge in [-0.3, -0.25) is 4.90 Å². The van der Waals surface area contributed by atoms with E-state index in [0.29, 0.717) is 5.57 Å². The largest absolute Gasteiger partial charge is 0.497 e. The van der Waals surface area contributed by atoms with Gasteiger partial charge >= 0.3 is 5.97 Å². The highest BCUT2D eigenvalue weighted by Crippen LogP contribution is 2.50. The van der Waals surface area contributed by atoms with Gasteiger partial charge in [0.25, 0.3) is 0 Å². The molecule has 144 valence electrons. The molecule has 0 amide bonds. The lowest BCUT2D eigenvalue weighted by Crippen LogP contribution is -2.57. The number of methoxy groups -OCH3 is 1. The summed E-state index contributed by atoms with van der Waals surface area (Å²) >= 11 is 0. The van der Waals surface area contributed by atoms with Gasteiger partial charge in [0.15, 0.2) is 0 Å². The SMILES string of the molecule is COC(=O)C1=COC(C)C2C1CC1c3[nH]c4ccccc4c3CCN1C2C#N. The molecule has 28 heavy (non-hydrogen) atoms. The van der Waals surface area contributed by atoms with Crippen LogP contribution in [-0.4, -0.2) is 41.7 Å². The zero-order valence-electron chi connectivity index (χ0n) is 16.0. The Kier molecular flexibility index (Phi) is 3.95. The summed E-state index contributed by atoms with van der Waals surface area (Å²) in [5, 5.41) is 11.3. The number of nitrogens with zero attached hydrogens (tertiary/aromatic N) is 2. The molecule has 1 aromatic heterocycles. The monoisotopic (exact) mass is 377 g/mol. The molecule has 0 aliphatic carbocycles. The fourth-order valence-electron chi connectivity index (χ4n) is 5.52. The molecule has 1 N–H and O–H groups in total. The summed E-state index contributed by atoms with van der Waals surface area (Å²) in [4.78, 5) is 18.3. The lowest BCUT2D eigenvalue weighted by Gasteiger charge is -2.51. The van der Waals surface area contributed by atoms with Crippen molar-refractivity contribution in [3.05, 3.63) is 47.4 Å². The molecule has 5 atom stereocenters. The Bertz CT molecular complexity index is 1020. The number of aromatic amines is 1. The number of piperidine rings is 1. The minimum atomic E-state index is -0.361. The number of para-hydroxylation sites is 1. The van der Waals surface area contributed by atoms with Crippen molar-refractivity contribution < 1.29 is 14.3 Å². The molecule has 5 unspecified atom stereocenters. The van der Waals surface area contributed by atoms with Crippen molar-refractivity contribution in [2.24, 2.45) is 11.8 Å². The Hall–Kier alpha value is -2.78. The molecule has 0 radical (unpaired) electrons. The zero-order valence-corrected chi connectivity index (χ0v) is 16.0. The van der Waals surface area contributed by atoms with E-state index < -0.39 is 0 Å². The van der Waals surface area contributed by atoms with Crippen LogP contribution in [0.5, 0.6) is 0 Å². The molecule has 6 nitrogen and oxygen atoms in total. The number of esters is 1. The average molecular weight is 377 g/mol. The predicted octanol–water partition coefficient (Wildman–Crippen LogP) is 3.07. The quantitative estimate of drug-likeness (QED) is 0.773. The number of hydrogen-bond acceptors (Lipinski definition) is 5. The Morgan fingerprint density at radius 2 is 2.21 bits per heavy atom. The van der Waals surface area contributed by atoms with Crippen LogP contribution in [0.1, 0.15) is 30.6 Å². The average Bonchev–Trinajstić information content (AvgIpc) is 3.11. The number of carbonyl (C=O) groups excluding carboxylic acids is 1. The third kappa shape index (κ3) is 2.33. The van der Waals surface area contributed by atoms with Crippen LogP contribution in [-0.2, 0) is 20.7 Å². The van der Waals surface area contributed by atoms with Crippen LogP contribution in [0.3, 0.4) is 0 Å². The topological polar surface area (TPSA) is 78.3 Å². The normalized spacial score (nSPS) is 31.6. The van der Waals surface area contributed by atoms with Gasteiger partial charge in [0.05, 0.1) is 31.1 Å². The standard InChI is InChI=1S/C22H23N3O3/c1-12-20-15(16(11-28-12)22(26)27-2)9-18-21-14(7-8-25(18)19(20)10-23)13-5-3-4-6-17(13)24-21/h3-6,11-12,15,18-20,24H,7-9H2,1-2H3. The van der Waals surface area contributed by atoms with E-state index in [0.717, 1.165) is 24.9 Å². The molecule has 6 heteroatoms. The highest BCUT2D eigenvalue weighted by atomic mass is 16.5. The summed E-state index contributed by atoms with van der Waals surface area (Å²) < 4.78 is 10.8. The second-order valence-corrected chi connectivity index (χ2v) is 7.97. The summed E-state index contributed by atoms with van der Waals surface area (Å²) in [6, 6.07) is 10.7. The van der Waals surface area contributed by atoms with Crippen molar-refractivity contribution in [2.75, 3.05) is 13.7 Å². The number of carbonyl (C=O) groups is 1. The second-order valence-electron chi connectivity index (χ2n) is 7.97. The first-order valence-corrected chi connectivity index (χ1v) is 9.82. The molecule has 0 spiro atoms. The molecule has 1 fully saturated rings. The Morgan fingerprint density at radius 3 is 3.00 bits per heavy atom. The molecule has 0 bridgehead atoms. The number of benzene rings is 1. The molecule has 0 saturated carbocycles. The molecule has 5 rings (SSSR count). The first-order chi connectivity index (χ1) is 13.6. The summed E-state index contributed by atoms with van der Waals surface area (Å²) in [5.74, 6) is -0.467. The van der Waals surface area contributed by atoms with E-state index in [2.05, 4.69) is 34.2 Å². The Labute approximate surface area is 163 Å². The first kappa shape index (κ1) is 17.3. The first-order valence-electron chi connectivity index (χ1n) is 9.82. The van der Waals surface area contributed by atoms with Crippen molar-refractivity contribution in [3.63, 3.8) is 0 Å². The van der Waals surface area contributed by atoms with Crippen LogP contribution in [0, 0.1) is 23.2 Å². The van der Waals surface area contributed by atoms with E-state index in [1.54, 1.807) is 6.26 Å². The Morgan fingerprint density at radius 1 is 1.39 bits per heavy atom. The summed E-state index contributed by atoms with van der Waals surface area (Å²) in [5.41, 5.74) is 4.22. The molecule has 3 aliphatic rings.